The summed E-state index contributed by atoms with van der Waals surface area (Å²) in [6.07, 6.45) is 4.62. The zero-order valence-corrected chi connectivity index (χ0v) is 12.3. The Morgan fingerprint density at radius 3 is 2.71 bits per heavy atom. The van der Waals surface area contributed by atoms with Crippen molar-refractivity contribution in [2.24, 2.45) is 0 Å². The van der Waals surface area contributed by atoms with Crippen LogP contribution in [0.5, 0.6) is 0 Å². The van der Waals surface area contributed by atoms with Crippen molar-refractivity contribution in [1.29, 1.82) is 0 Å². The van der Waals surface area contributed by atoms with Gasteiger partial charge in [0.25, 0.3) is 5.91 Å². The molecule has 0 aromatic heterocycles. The first-order chi connectivity index (χ1) is 8.13. The predicted octanol–water partition coefficient (Wildman–Crippen LogP) is 4.41. The number of unbranched alkanes of at least 4 members (excludes halogenated alkanes) is 3. The SMILES string of the molecule is CCCCCCNC(=O)c1cc(Cl)cc(Br)c1. The number of hydrogen-bond donors (Lipinski definition) is 1. The van der Waals surface area contributed by atoms with Gasteiger partial charge in [-0.3, -0.25) is 4.79 Å². The van der Waals surface area contributed by atoms with Crippen molar-refractivity contribution < 1.29 is 4.79 Å². The third kappa shape index (κ3) is 5.55. The number of carbonyl (C=O) groups excluding carboxylic acids is 1. The summed E-state index contributed by atoms with van der Waals surface area (Å²) in [5, 5.41) is 3.46. The van der Waals surface area contributed by atoms with E-state index in [1.807, 2.05) is 0 Å². The van der Waals surface area contributed by atoms with E-state index < -0.39 is 0 Å². The molecule has 1 aromatic rings. The van der Waals surface area contributed by atoms with Crippen LogP contribution in [0.4, 0.5) is 0 Å². The Labute approximate surface area is 116 Å². The first-order valence-electron chi connectivity index (χ1n) is 5.87. The lowest BCUT2D eigenvalue weighted by molar-refractivity contribution is 0.0953. The minimum atomic E-state index is -0.0651. The fraction of sp³-hybridized carbons (Fsp3) is 0.462. The van der Waals surface area contributed by atoms with Crippen LogP contribution >= 0.6 is 27.5 Å². The van der Waals surface area contributed by atoms with Crippen molar-refractivity contribution in [1.82, 2.24) is 5.32 Å². The van der Waals surface area contributed by atoms with E-state index in [2.05, 4.69) is 28.2 Å². The Kier molecular flexibility index (Phi) is 6.60. The van der Waals surface area contributed by atoms with Gasteiger partial charge in [0, 0.05) is 21.6 Å². The number of hydrogen-bond acceptors (Lipinski definition) is 1. The van der Waals surface area contributed by atoms with Crippen LogP contribution in [0.2, 0.25) is 5.02 Å². The second-order valence-electron chi connectivity index (χ2n) is 3.97. The molecule has 0 saturated carbocycles. The summed E-state index contributed by atoms with van der Waals surface area (Å²) in [5.41, 5.74) is 0.597. The molecule has 1 N–H and O–H groups in total. The summed E-state index contributed by atoms with van der Waals surface area (Å²) in [7, 11) is 0. The minimum absolute atomic E-state index is 0.0651. The van der Waals surface area contributed by atoms with Crippen LogP contribution in [0.15, 0.2) is 22.7 Å². The summed E-state index contributed by atoms with van der Waals surface area (Å²) < 4.78 is 0.820. The Morgan fingerprint density at radius 1 is 1.29 bits per heavy atom. The summed E-state index contributed by atoms with van der Waals surface area (Å²) in [4.78, 5) is 11.8. The molecule has 1 rings (SSSR count). The van der Waals surface area contributed by atoms with Crippen molar-refractivity contribution >= 4 is 33.4 Å². The molecule has 0 aliphatic rings. The highest BCUT2D eigenvalue weighted by Gasteiger charge is 2.06. The van der Waals surface area contributed by atoms with E-state index >= 15 is 0 Å². The molecule has 0 unspecified atom stereocenters. The third-order valence-electron chi connectivity index (χ3n) is 2.44. The Balaban J connectivity index is 2.41. The lowest BCUT2D eigenvalue weighted by Gasteiger charge is -2.06. The number of nitrogens with one attached hydrogen (secondary N) is 1. The lowest BCUT2D eigenvalue weighted by atomic mass is 10.2. The van der Waals surface area contributed by atoms with Crippen LogP contribution < -0.4 is 5.32 Å². The molecule has 0 fully saturated rings. The molecule has 17 heavy (non-hydrogen) atoms. The van der Waals surface area contributed by atoms with Gasteiger partial charge in [-0.15, -0.1) is 0 Å². The monoisotopic (exact) mass is 317 g/mol. The smallest absolute Gasteiger partial charge is 0.251 e. The second kappa shape index (κ2) is 7.72. The number of rotatable bonds is 6. The van der Waals surface area contributed by atoms with E-state index in [0.29, 0.717) is 10.6 Å². The van der Waals surface area contributed by atoms with Crippen LogP contribution in [0.3, 0.4) is 0 Å². The molecule has 1 amide bonds. The highest BCUT2D eigenvalue weighted by Crippen LogP contribution is 2.19. The highest BCUT2D eigenvalue weighted by atomic mass is 79.9. The molecule has 0 aliphatic heterocycles. The molecule has 0 aliphatic carbocycles. The van der Waals surface area contributed by atoms with Gasteiger partial charge in [-0.25, -0.2) is 0 Å². The van der Waals surface area contributed by atoms with E-state index in [-0.39, 0.29) is 5.91 Å². The van der Waals surface area contributed by atoms with Gasteiger partial charge in [-0.2, -0.15) is 0 Å². The molecule has 0 atom stereocenters. The zero-order valence-electron chi connectivity index (χ0n) is 9.93. The van der Waals surface area contributed by atoms with E-state index in [1.54, 1.807) is 18.2 Å². The van der Waals surface area contributed by atoms with Gasteiger partial charge in [-0.1, -0.05) is 53.7 Å². The van der Waals surface area contributed by atoms with Gasteiger partial charge < -0.3 is 5.32 Å². The number of halogens is 2. The standard InChI is InChI=1S/C13H17BrClNO/c1-2-3-4-5-6-16-13(17)10-7-11(14)9-12(15)8-10/h7-9H,2-6H2,1H3,(H,16,17). The van der Waals surface area contributed by atoms with Crippen molar-refractivity contribution in [2.75, 3.05) is 6.54 Å². The topological polar surface area (TPSA) is 29.1 Å². The summed E-state index contributed by atoms with van der Waals surface area (Å²) in [6, 6.07) is 5.21. The molecule has 0 saturated heterocycles. The Hall–Kier alpha value is -0.540. The fourth-order valence-electron chi connectivity index (χ4n) is 1.54. The minimum Gasteiger partial charge on any atom is -0.352 e. The van der Waals surface area contributed by atoms with Crippen molar-refractivity contribution in [2.45, 2.75) is 32.6 Å². The van der Waals surface area contributed by atoms with Crippen LogP contribution in [-0.2, 0) is 0 Å². The summed E-state index contributed by atoms with van der Waals surface area (Å²) >= 11 is 9.21. The average Bonchev–Trinajstić information content (AvgIpc) is 2.27. The molecule has 0 radical (unpaired) electrons. The maximum Gasteiger partial charge on any atom is 0.251 e. The molecule has 94 valence electrons. The van der Waals surface area contributed by atoms with Crippen LogP contribution in [-0.4, -0.2) is 12.5 Å². The molecule has 0 bridgehead atoms. The maximum absolute atomic E-state index is 11.8. The summed E-state index contributed by atoms with van der Waals surface area (Å²) in [5.74, 6) is -0.0651. The molecule has 2 nitrogen and oxygen atoms in total. The first kappa shape index (κ1) is 14.5. The predicted molar refractivity (Wildman–Crippen MR) is 75.6 cm³/mol. The molecule has 0 spiro atoms. The van der Waals surface area contributed by atoms with E-state index in [1.165, 1.54) is 12.8 Å². The largest absolute Gasteiger partial charge is 0.352 e. The van der Waals surface area contributed by atoms with E-state index in [0.717, 1.165) is 23.9 Å². The molecular weight excluding hydrogens is 302 g/mol. The van der Waals surface area contributed by atoms with Crippen molar-refractivity contribution in [3.63, 3.8) is 0 Å². The molecule has 1 aromatic carbocycles. The van der Waals surface area contributed by atoms with Crippen LogP contribution in [0.1, 0.15) is 43.0 Å². The van der Waals surface area contributed by atoms with Gasteiger partial charge in [0.1, 0.15) is 0 Å². The second-order valence-corrected chi connectivity index (χ2v) is 5.33. The van der Waals surface area contributed by atoms with Gasteiger partial charge in [0.05, 0.1) is 0 Å². The number of benzene rings is 1. The van der Waals surface area contributed by atoms with Gasteiger partial charge in [0.15, 0.2) is 0 Å². The quantitative estimate of drug-likeness (QED) is 0.773. The molecular formula is C13H17BrClNO. The highest BCUT2D eigenvalue weighted by molar-refractivity contribution is 9.10. The van der Waals surface area contributed by atoms with E-state index in [9.17, 15) is 4.79 Å². The molecule has 0 heterocycles. The van der Waals surface area contributed by atoms with Gasteiger partial charge >= 0.3 is 0 Å². The Bertz CT molecular complexity index is 361. The van der Waals surface area contributed by atoms with Crippen molar-refractivity contribution in [3.05, 3.63) is 33.3 Å². The van der Waals surface area contributed by atoms with Crippen LogP contribution in [0, 0.1) is 0 Å². The van der Waals surface area contributed by atoms with Crippen molar-refractivity contribution in [3.8, 4) is 0 Å². The third-order valence-corrected chi connectivity index (χ3v) is 3.12. The normalized spacial score (nSPS) is 10.3. The fourth-order valence-corrected chi connectivity index (χ4v) is 2.40. The number of amides is 1. The maximum atomic E-state index is 11.8. The van der Waals surface area contributed by atoms with Crippen LogP contribution in [0.25, 0.3) is 0 Å². The lowest BCUT2D eigenvalue weighted by Crippen LogP contribution is -2.24. The number of carbonyl (C=O) groups is 1. The Morgan fingerprint density at radius 2 is 2.06 bits per heavy atom. The van der Waals surface area contributed by atoms with Gasteiger partial charge in [0.2, 0.25) is 0 Å². The average molecular weight is 319 g/mol. The molecule has 4 heteroatoms. The summed E-state index contributed by atoms with van der Waals surface area (Å²) in [6.45, 7) is 2.89. The zero-order chi connectivity index (χ0) is 12.7. The van der Waals surface area contributed by atoms with Gasteiger partial charge in [-0.05, 0) is 24.6 Å². The van der Waals surface area contributed by atoms with E-state index in [4.69, 9.17) is 11.6 Å². The first-order valence-corrected chi connectivity index (χ1v) is 7.05.